The average molecular weight is 198 g/mol. The van der Waals surface area contributed by atoms with Gasteiger partial charge in [0, 0.05) is 23.8 Å². The molecule has 1 rings (SSSR count). The minimum atomic E-state index is -1.27. The number of carbonyl (C=O) groups excluding carboxylic acids is 2. The summed E-state index contributed by atoms with van der Waals surface area (Å²) in [4.78, 5) is 21.4. The van der Waals surface area contributed by atoms with Gasteiger partial charge in [-0.2, -0.15) is 0 Å². The van der Waals surface area contributed by atoms with E-state index in [-0.39, 0.29) is 11.8 Å². The van der Waals surface area contributed by atoms with E-state index in [1.165, 1.54) is 0 Å². The number of hydrogen-bond donors (Lipinski definition) is 0. The highest BCUT2D eigenvalue weighted by Gasteiger charge is 2.34. The molecule has 0 aromatic carbocycles. The van der Waals surface area contributed by atoms with Crippen molar-refractivity contribution in [2.45, 2.75) is 26.7 Å². The Hall–Kier alpha value is -1.06. The quantitative estimate of drug-likeness (QED) is 0.557. The first kappa shape index (κ1) is 11.0. The van der Waals surface area contributed by atoms with Crippen LogP contribution in [0.3, 0.4) is 0 Å². The summed E-state index contributed by atoms with van der Waals surface area (Å²) < 4.78 is 0. The number of carboxylic acid groups (broad SMARTS) is 2. The van der Waals surface area contributed by atoms with Gasteiger partial charge in [-0.3, -0.25) is 0 Å². The van der Waals surface area contributed by atoms with E-state index in [0.29, 0.717) is 12.8 Å². The summed E-state index contributed by atoms with van der Waals surface area (Å²) >= 11 is 0. The summed E-state index contributed by atoms with van der Waals surface area (Å²) in [5, 5.41) is 21.4. The molecule has 0 aromatic rings. The predicted octanol–water partition coefficient (Wildman–Crippen LogP) is -1.22. The van der Waals surface area contributed by atoms with Gasteiger partial charge in [0.1, 0.15) is 0 Å². The zero-order valence-corrected chi connectivity index (χ0v) is 8.36. The van der Waals surface area contributed by atoms with Crippen molar-refractivity contribution in [2.75, 3.05) is 0 Å². The number of aliphatic carboxylic acids is 2. The predicted molar refractivity (Wildman–Crippen MR) is 44.6 cm³/mol. The van der Waals surface area contributed by atoms with E-state index in [0.717, 1.165) is 0 Å². The van der Waals surface area contributed by atoms with Gasteiger partial charge in [0.25, 0.3) is 0 Å². The molecule has 0 radical (unpaired) electrons. The Morgan fingerprint density at radius 1 is 0.929 bits per heavy atom. The summed E-state index contributed by atoms with van der Waals surface area (Å²) in [7, 11) is 0. The first-order valence-corrected chi connectivity index (χ1v) is 4.85. The van der Waals surface area contributed by atoms with Gasteiger partial charge in [-0.15, -0.1) is 0 Å². The van der Waals surface area contributed by atoms with Crippen LogP contribution in [0.2, 0.25) is 0 Å². The van der Waals surface area contributed by atoms with Crippen LogP contribution in [0.4, 0.5) is 0 Å². The molecule has 4 atom stereocenters. The molecule has 0 amide bonds. The smallest absolute Gasteiger partial charge is 0.0451 e. The fraction of sp³-hybridized carbons (Fsp3) is 0.800. The SMILES string of the molecule is C[C@H]1C[C@@H](C(=O)[O-])[C@H](C(=O)[O-])C[C@@H]1C. The minimum Gasteiger partial charge on any atom is -0.550 e. The standard InChI is InChI=1S/C10H16O4/c1-5-3-7(9(11)12)8(10(13)14)4-6(5)2/h5-8H,3-4H2,1-2H3,(H,11,12)(H,13,14)/p-2/t5-,6-,7+,8+/m0/s1. The average Bonchev–Trinajstić information content (AvgIpc) is 2.08. The van der Waals surface area contributed by atoms with Crippen LogP contribution < -0.4 is 10.2 Å². The molecule has 4 nitrogen and oxygen atoms in total. The maximum atomic E-state index is 10.7. The molecule has 1 aliphatic rings. The Kier molecular flexibility index (Phi) is 3.13. The van der Waals surface area contributed by atoms with Crippen molar-refractivity contribution in [3.05, 3.63) is 0 Å². The van der Waals surface area contributed by atoms with Crippen LogP contribution in [0, 0.1) is 23.7 Å². The first-order chi connectivity index (χ1) is 6.43. The molecule has 0 saturated heterocycles. The van der Waals surface area contributed by atoms with Crippen LogP contribution in [-0.4, -0.2) is 11.9 Å². The fourth-order valence-corrected chi connectivity index (χ4v) is 2.12. The van der Waals surface area contributed by atoms with Crippen LogP contribution in [0.25, 0.3) is 0 Å². The third kappa shape index (κ3) is 2.05. The fourth-order valence-electron chi connectivity index (χ4n) is 2.12. The molecule has 0 aliphatic heterocycles. The molecular formula is C10H14O4-2. The lowest BCUT2D eigenvalue weighted by atomic mass is 9.69. The van der Waals surface area contributed by atoms with Crippen molar-refractivity contribution in [1.29, 1.82) is 0 Å². The van der Waals surface area contributed by atoms with Gasteiger partial charge in [0.2, 0.25) is 0 Å². The van der Waals surface area contributed by atoms with Gasteiger partial charge in [-0.1, -0.05) is 13.8 Å². The molecule has 1 aliphatic carbocycles. The van der Waals surface area contributed by atoms with Crippen molar-refractivity contribution in [3.63, 3.8) is 0 Å². The van der Waals surface area contributed by atoms with Crippen LogP contribution in [0.5, 0.6) is 0 Å². The topological polar surface area (TPSA) is 80.3 Å². The van der Waals surface area contributed by atoms with Gasteiger partial charge >= 0.3 is 0 Å². The molecule has 1 fully saturated rings. The Balaban J connectivity index is 2.80. The molecule has 0 unspecified atom stereocenters. The lowest BCUT2D eigenvalue weighted by molar-refractivity contribution is -0.329. The number of hydrogen-bond acceptors (Lipinski definition) is 4. The highest BCUT2D eigenvalue weighted by Crippen LogP contribution is 2.37. The molecule has 4 heteroatoms. The van der Waals surface area contributed by atoms with Gasteiger partial charge in [-0.05, 0) is 24.7 Å². The van der Waals surface area contributed by atoms with Crippen molar-refractivity contribution in [1.82, 2.24) is 0 Å². The van der Waals surface area contributed by atoms with Crippen molar-refractivity contribution in [2.24, 2.45) is 23.7 Å². The van der Waals surface area contributed by atoms with Gasteiger partial charge in [0.15, 0.2) is 0 Å². The maximum Gasteiger partial charge on any atom is 0.0451 e. The van der Waals surface area contributed by atoms with Gasteiger partial charge in [-0.25, -0.2) is 0 Å². The molecule has 80 valence electrons. The summed E-state index contributed by atoms with van der Waals surface area (Å²) in [6.07, 6.45) is 0.754. The summed E-state index contributed by atoms with van der Waals surface area (Å²) in [5.74, 6) is -3.84. The monoisotopic (exact) mass is 198 g/mol. The molecule has 1 saturated carbocycles. The number of rotatable bonds is 2. The highest BCUT2D eigenvalue weighted by molar-refractivity contribution is 5.78. The molecule has 14 heavy (non-hydrogen) atoms. The summed E-state index contributed by atoms with van der Waals surface area (Å²) in [6.45, 7) is 3.87. The Morgan fingerprint density at radius 2 is 1.21 bits per heavy atom. The van der Waals surface area contributed by atoms with Gasteiger partial charge in [0.05, 0.1) is 0 Å². The molecule has 0 N–H and O–H groups in total. The van der Waals surface area contributed by atoms with Crippen molar-refractivity contribution < 1.29 is 19.8 Å². The molecule has 0 bridgehead atoms. The normalized spacial score (nSPS) is 37.9. The van der Waals surface area contributed by atoms with Crippen molar-refractivity contribution in [3.8, 4) is 0 Å². The molecular weight excluding hydrogens is 184 g/mol. The third-order valence-corrected chi connectivity index (χ3v) is 3.31. The minimum absolute atomic E-state index is 0.230. The van der Waals surface area contributed by atoms with Crippen LogP contribution in [0.1, 0.15) is 26.7 Å². The summed E-state index contributed by atoms with van der Waals surface area (Å²) in [6, 6.07) is 0. The van der Waals surface area contributed by atoms with E-state index < -0.39 is 23.8 Å². The third-order valence-electron chi connectivity index (χ3n) is 3.31. The van der Waals surface area contributed by atoms with E-state index in [2.05, 4.69) is 0 Å². The van der Waals surface area contributed by atoms with Crippen LogP contribution in [-0.2, 0) is 9.59 Å². The van der Waals surface area contributed by atoms with Crippen LogP contribution in [0.15, 0.2) is 0 Å². The zero-order valence-electron chi connectivity index (χ0n) is 8.36. The van der Waals surface area contributed by atoms with Crippen molar-refractivity contribution >= 4 is 11.9 Å². The Labute approximate surface area is 82.9 Å². The summed E-state index contributed by atoms with van der Waals surface area (Å²) in [5.41, 5.74) is 0. The molecule has 0 heterocycles. The first-order valence-electron chi connectivity index (χ1n) is 4.85. The van der Waals surface area contributed by atoms with E-state index in [4.69, 9.17) is 0 Å². The maximum absolute atomic E-state index is 10.7. The zero-order chi connectivity index (χ0) is 10.9. The second-order valence-corrected chi connectivity index (χ2v) is 4.28. The van der Waals surface area contributed by atoms with E-state index >= 15 is 0 Å². The lowest BCUT2D eigenvalue weighted by Gasteiger charge is -2.39. The van der Waals surface area contributed by atoms with E-state index in [9.17, 15) is 19.8 Å². The molecule has 0 spiro atoms. The molecule has 0 aromatic heterocycles. The second-order valence-electron chi connectivity index (χ2n) is 4.28. The lowest BCUT2D eigenvalue weighted by Crippen LogP contribution is -2.48. The second kappa shape index (κ2) is 3.98. The Morgan fingerprint density at radius 3 is 1.43 bits per heavy atom. The number of carboxylic acids is 2. The highest BCUT2D eigenvalue weighted by atomic mass is 16.4. The van der Waals surface area contributed by atoms with Crippen LogP contribution >= 0.6 is 0 Å². The number of carbonyl (C=O) groups is 2. The van der Waals surface area contributed by atoms with E-state index in [1.807, 2.05) is 13.8 Å². The largest absolute Gasteiger partial charge is 0.550 e. The Bertz CT molecular complexity index is 223. The van der Waals surface area contributed by atoms with Gasteiger partial charge < -0.3 is 19.8 Å². The van der Waals surface area contributed by atoms with E-state index in [1.54, 1.807) is 0 Å².